The number of hydrogen-bond acceptors (Lipinski definition) is 2. The van der Waals surface area contributed by atoms with Gasteiger partial charge in [0.25, 0.3) is 10.1 Å². The monoisotopic (exact) mass is 432 g/mol. The Bertz CT molecular complexity index is 577. The van der Waals surface area contributed by atoms with Crippen molar-refractivity contribution >= 4 is 17.4 Å². The van der Waals surface area contributed by atoms with Crippen LogP contribution in [0.3, 0.4) is 0 Å². The molecule has 0 saturated carbocycles. The van der Waals surface area contributed by atoms with Gasteiger partial charge in [-0.1, -0.05) is 18.2 Å². The Kier molecular flexibility index (Phi) is 15.2. The zero-order valence-electron chi connectivity index (χ0n) is 19.0. The molecule has 0 aliphatic carbocycles. The minimum Gasteiger partial charge on any atom is -0.282 e. The second kappa shape index (κ2) is 15.4. The van der Waals surface area contributed by atoms with E-state index >= 15 is 0 Å². The van der Waals surface area contributed by atoms with Crippen LogP contribution in [0.15, 0.2) is 29.2 Å². The average Bonchev–Trinajstić information content (AvgIpc) is 2.67. The van der Waals surface area contributed by atoms with Crippen molar-refractivity contribution in [3.8, 4) is 0 Å². The molecule has 0 bridgehead atoms. The standard InChI is InChI=1S/C16H37P.C7H8O3S/c1-5-9-13-17(14-10-6-2,15-11-7-3)16-12-8-4;1-6-4-2-3-5-7(6)11(8,9)10/h17H,5-16H2,1-4H3;2-5H,1H3,(H,8,9,10). The summed E-state index contributed by atoms with van der Waals surface area (Å²) in [6, 6.07) is 6.27. The molecular formula is C23H45O3PS. The second-order valence-corrected chi connectivity index (χ2v) is 14.5. The van der Waals surface area contributed by atoms with Gasteiger partial charge < -0.3 is 0 Å². The molecule has 166 valence electrons. The summed E-state index contributed by atoms with van der Waals surface area (Å²) in [5, 5.41) is 0. The minimum atomic E-state index is -4.03. The molecule has 1 aromatic rings. The van der Waals surface area contributed by atoms with E-state index in [4.69, 9.17) is 4.55 Å². The first kappa shape index (κ1) is 27.6. The van der Waals surface area contributed by atoms with Crippen LogP contribution in [0.25, 0.3) is 0 Å². The summed E-state index contributed by atoms with van der Waals surface area (Å²) in [5.41, 5.74) is 0.551. The molecular weight excluding hydrogens is 387 g/mol. The van der Waals surface area contributed by atoms with Crippen LogP contribution in [0.5, 0.6) is 0 Å². The Balaban J connectivity index is 0.000000567. The van der Waals surface area contributed by atoms with E-state index in [1.165, 1.54) is 57.4 Å². The maximum absolute atomic E-state index is 10.6. The quantitative estimate of drug-likeness (QED) is 0.265. The third kappa shape index (κ3) is 11.5. The maximum atomic E-state index is 10.6. The van der Waals surface area contributed by atoms with Gasteiger partial charge in [-0.3, -0.25) is 4.55 Å². The first-order valence-corrected chi connectivity index (χ1v) is 15.6. The molecule has 28 heavy (non-hydrogen) atoms. The molecule has 0 amide bonds. The summed E-state index contributed by atoms with van der Waals surface area (Å²) in [7, 11) is -4.91. The molecule has 5 heteroatoms. The fourth-order valence-electron chi connectivity index (χ4n) is 3.80. The summed E-state index contributed by atoms with van der Waals surface area (Å²) in [6.45, 7) is 11.1. The Morgan fingerprint density at radius 2 is 1.11 bits per heavy atom. The summed E-state index contributed by atoms with van der Waals surface area (Å²) < 4.78 is 29.9. The molecule has 0 heterocycles. The van der Waals surface area contributed by atoms with Crippen molar-refractivity contribution < 1.29 is 13.0 Å². The number of hydrogen-bond donors (Lipinski definition) is 1. The molecule has 1 N–H and O–H groups in total. The summed E-state index contributed by atoms with van der Waals surface area (Å²) >= 11 is 0. The van der Waals surface area contributed by atoms with E-state index in [-0.39, 0.29) is 4.90 Å². The molecule has 1 rings (SSSR count). The molecule has 0 aliphatic rings. The van der Waals surface area contributed by atoms with Crippen LogP contribution < -0.4 is 0 Å². The van der Waals surface area contributed by atoms with E-state index in [9.17, 15) is 8.42 Å². The zero-order chi connectivity index (χ0) is 21.5. The molecule has 0 fully saturated rings. The number of aryl methyl sites for hydroxylation is 1. The molecule has 1 aromatic carbocycles. The molecule has 3 nitrogen and oxygen atoms in total. The summed E-state index contributed by atoms with van der Waals surface area (Å²) in [5.74, 6) is 0. The summed E-state index contributed by atoms with van der Waals surface area (Å²) in [6.07, 6.45) is 18.1. The third-order valence-electron chi connectivity index (χ3n) is 5.61. The van der Waals surface area contributed by atoms with E-state index in [1.807, 2.05) is 0 Å². The fourth-order valence-corrected chi connectivity index (χ4v) is 10.4. The molecule has 0 saturated heterocycles. The molecule has 0 aromatic heterocycles. The van der Waals surface area contributed by atoms with Crippen LogP contribution in [0, 0.1) is 6.92 Å². The van der Waals surface area contributed by atoms with Crippen molar-refractivity contribution in [1.82, 2.24) is 0 Å². The van der Waals surface area contributed by atoms with Gasteiger partial charge in [0.05, 0.1) is 4.90 Å². The molecule has 0 aliphatic heterocycles. The van der Waals surface area contributed by atoms with E-state index < -0.39 is 17.4 Å². The van der Waals surface area contributed by atoms with Gasteiger partial charge >= 0.3 is 111 Å². The zero-order valence-corrected chi connectivity index (χ0v) is 20.8. The second-order valence-electron chi connectivity index (χ2n) is 8.15. The van der Waals surface area contributed by atoms with Crippen molar-refractivity contribution in [2.45, 2.75) is 90.9 Å². The van der Waals surface area contributed by atoms with Crippen LogP contribution in [0.4, 0.5) is 0 Å². The predicted molar refractivity (Wildman–Crippen MR) is 128 cm³/mol. The van der Waals surface area contributed by atoms with Gasteiger partial charge in [-0.25, -0.2) is 0 Å². The van der Waals surface area contributed by atoms with E-state index in [2.05, 4.69) is 27.7 Å². The van der Waals surface area contributed by atoms with Gasteiger partial charge in [-0.15, -0.1) is 0 Å². The van der Waals surface area contributed by atoms with E-state index in [0.717, 1.165) is 0 Å². The van der Waals surface area contributed by atoms with Crippen LogP contribution in [-0.2, 0) is 10.1 Å². The average molecular weight is 433 g/mol. The Morgan fingerprint density at radius 3 is 1.36 bits per heavy atom. The van der Waals surface area contributed by atoms with Crippen LogP contribution >= 0.6 is 7.26 Å². The largest absolute Gasteiger partial charge is 0.294 e. The first-order valence-electron chi connectivity index (χ1n) is 11.3. The molecule has 0 radical (unpaired) electrons. The number of unbranched alkanes of at least 4 members (excludes halogenated alkanes) is 4. The normalized spacial score (nSPS) is 12.4. The van der Waals surface area contributed by atoms with Crippen molar-refractivity contribution in [1.29, 1.82) is 0 Å². The molecule has 0 spiro atoms. The van der Waals surface area contributed by atoms with E-state index in [0.29, 0.717) is 5.56 Å². The van der Waals surface area contributed by atoms with E-state index in [1.54, 1.807) is 49.8 Å². The maximum Gasteiger partial charge on any atom is 0.294 e. The summed E-state index contributed by atoms with van der Waals surface area (Å²) in [4.78, 5) is -0.0278. The topological polar surface area (TPSA) is 54.4 Å². The predicted octanol–water partition coefficient (Wildman–Crippen LogP) is 7.18. The molecule has 0 atom stereocenters. The van der Waals surface area contributed by atoms with Crippen molar-refractivity contribution in [3.05, 3.63) is 29.8 Å². The van der Waals surface area contributed by atoms with Gasteiger partial charge in [0.15, 0.2) is 0 Å². The van der Waals surface area contributed by atoms with Crippen molar-refractivity contribution in [2.75, 3.05) is 24.6 Å². The van der Waals surface area contributed by atoms with Gasteiger partial charge in [0.1, 0.15) is 0 Å². The first-order chi connectivity index (χ1) is 13.3. The Labute approximate surface area is 175 Å². The van der Waals surface area contributed by atoms with Gasteiger partial charge in [0, 0.05) is 0 Å². The minimum absolute atomic E-state index is 0.0278. The van der Waals surface area contributed by atoms with Gasteiger partial charge in [0.2, 0.25) is 0 Å². The SMILES string of the molecule is CCCC[PH](CCCC)(CCCC)CCCC.Cc1ccccc1S(=O)(=O)O. The van der Waals surface area contributed by atoms with Crippen LogP contribution in [0.2, 0.25) is 0 Å². The fraction of sp³-hybridized carbons (Fsp3) is 0.739. The van der Waals surface area contributed by atoms with Crippen LogP contribution in [0.1, 0.15) is 84.6 Å². The van der Waals surface area contributed by atoms with Gasteiger partial charge in [-0.2, -0.15) is 8.42 Å². The Hall–Kier alpha value is -0.440. The van der Waals surface area contributed by atoms with Crippen molar-refractivity contribution in [3.63, 3.8) is 0 Å². The number of benzene rings is 1. The third-order valence-corrected chi connectivity index (χ3v) is 12.3. The van der Waals surface area contributed by atoms with Gasteiger partial charge in [-0.05, 0) is 18.6 Å². The number of rotatable bonds is 13. The molecule has 0 unspecified atom stereocenters. The van der Waals surface area contributed by atoms with Crippen molar-refractivity contribution in [2.24, 2.45) is 0 Å². The smallest absolute Gasteiger partial charge is 0.282 e. The van der Waals surface area contributed by atoms with Crippen LogP contribution in [-0.4, -0.2) is 37.6 Å². The Morgan fingerprint density at radius 1 is 0.750 bits per heavy atom.